The van der Waals surface area contributed by atoms with Gasteiger partial charge in [0, 0.05) is 0 Å². The Labute approximate surface area is 74.5 Å². The molecule has 0 spiro atoms. The summed E-state index contributed by atoms with van der Waals surface area (Å²) in [6.45, 7) is 0. The first kappa shape index (κ1) is 8.94. The van der Waals surface area contributed by atoms with E-state index >= 15 is 0 Å². The molecular weight excluding hydrogens is 179 g/mol. The molecule has 1 rings (SSSR count). The lowest BCUT2D eigenvalue weighted by Crippen LogP contribution is -1.78. The number of hydrogen-bond donors (Lipinski definition) is 0. The summed E-state index contributed by atoms with van der Waals surface area (Å²) in [6.07, 6.45) is 1.81. The molecule has 0 amide bonds. The van der Waals surface area contributed by atoms with E-state index in [9.17, 15) is 9.18 Å². The van der Waals surface area contributed by atoms with Crippen LogP contribution in [0.2, 0.25) is 0 Å². The average Bonchev–Trinajstić information content (AvgIpc) is 2.06. The van der Waals surface area contributed by atoms with Crippen LogP contribution in [0.15, 0.2) is 30.3 Å². The molecule has 0 aliphatic carbocycles. The van der Waals surface area contributed by atoms with Crippen molar-refractivity contribution in [1.82, 2.24) is 0 Å². The molecule has 0 saturated carbocycles. The fourth-order valence-corrected chi connectivity index (χ4v) is 0.942. The third-order valence-corrected chi connectivity index (χ3v) is 1.68. The van der Waals surface area contributed by atoms with Gasteiger partial charge < -0.3 is 0 Å². The van der Waals surface area contributed by atoms with E-state index in [2.05, 4.69) is 0 Å². The lowest BCUT2D eigenvalue weighted by molar-refractivity contribution is -0.104. The summed E-state index contributed by atoms with van der Waals surface area (Å²) >= 11 is 5.67. The van der Waals surface area contributed by atoms with E-state index in [1.807, 2.05) is 0 Å². The molecule has 62 valence electrons. The molecule has 0 N–H and O–H groups in total. The number of carbonyl (C=O) groups is 1. The first-order valence-corrected chi connectivity index (χ1v) is 3.69. The fraction of sp³-hybridized carbons (Fsp3) is 0. The first-order chi connectivity index (χ1) is 5.74. The zero-order valence-electron chi connectivity index (χ0n) is 6.13. The van der Waals surface area contributed by atoms with Gasteiger partial charge in [0.1, 0.15) is 12.1 Å². The second-order valence-corrected chi connectivity index (χ2v) is 2.56. The maximum absolute atomic E-state index is 12.4. The number of aldehydes is 1. The fourth-order valence-electron chi connectivity index (χ4n) is 0.765. The lowest BCUT2D eigenvalue weighted by atomic mass is 10.2. The highest BCUT2D eigenvalue weighted by Crippen LogP contribution is 2.17. The SMILES string of the molecule is O=CC=C(Cl)c1ccc(F)cc1. The molecule has 0 heterocycles. The van der Waals surface area contributed by atoms with E-state index in [4.69, 9.17) is 11.6 Å². The highest BCUT2D eigenvalue weighted by atomic mass is 35.5. The van der Waals surface area contributed by atoms with Crippen molar-refractivity contribution in [2.45, 2.75) is 0 Å². The molecule has 0 aliphatic heterocycles. The summed E-state index contributed by atoms with van der Waals surface area (Å²) in [5.74, 6) is -0.325. The summed E-state index contributed by atoms with van der Waals surface area (Å²) < 4.78 is 12.4. The van der Waals surface area contributed by atoms with Gasteiger partial charge in [-0.1, -0.05) is 23.7 Å². The quantitative estimate of drug-likeness (QED) is 0.510. The smallest absolute Gasteiger partial charge is 0.144 e. The van der Waals surface area contributed by atoms with Crippen LogP contribution in [0.3, 0.4) is 0 Å². The van der Waals surface area contributed by atoms with E-state index in [-0.39, 0.29) is 5.82 Å². The van der Waals surface area contributed by atoms with Crippen LogP contribution in [0.1, 0.15) is 5.56 Å². The third-order valence-electron chi connectivity index (χ3n) is 1.33. The van der Waals surface area contributed by atoms with Gasteiger partial charge in [0.15, 0.2) is 0 Å². The van der Waals surface area contributed by atoms with E-state index in [0.29, 0.717) is 16.9 Å². The first-order valence-electron chi connectivity index (χ1n) is 3.31. The molecule has 3 heteroatoms. The summed E-state index contributed by atoms with van der Waals surface area (Å²) in [5, 5.41) is 0.310. The zero-order chi connectivity index (χ0) is 8.97. The molecule has 0 bridgehead atoms. The minimum Gasteiger partial charge on any atom is -0.299 e. The molecule has 1 aromatic carbocycles. The normalized spacial score (nSPS) is 11.3. The van der Waals surface area contributed by atoms with Crippen molar-refractivity contribution < 1.29 is 9.18 Å². The van der Waals surface area contributed by atoms with E-state index in [0.717, 1.165) is 0 Å². The van der Waals surface area contributed by atoms with Crippen molar-refractivity contribution in [3.05, 3.63) is 41.7 Å². The van der Waals surface area contributed by atoms with Crippen LogP contribution in [0, 0.1) is 5.82 Å². The van der Waals surface area contributed by atoms with Gasteiger partial charge in [-0.2, -0.15) is 0 Å². The number of rotatable bonds is 2. The van der Waals surface area contributed by atoms with Crippen LogP contribution < -0.4 is 0 Å². The van der Waals surface area contributed by atoms with Crippen molar-refractivity contribution in [2.24, 2.45) is 0 Å². The van der Waals surface area contributed by atoms with Crippen LogP contribution in [-0.4, -0.2) is 6.29 Å². The van der Waals surface area contributed by atoms with Gasteiger partial charge in [-0.05, 0) is 23.8 Å². The van der Waals surface area contributed by atoms with E-state index < -0.39 is 0 Å². The van der Waals surface area contributed by atoms with Crippen molar-refractivity contribution in [2.75, 3.05) is 0 Å². The molecule has 0 radical (unpaired) electrons. The van der Waals surface area contributed by atoms with Crippen LogP contribution in [0.5, 0.6) is 0 Å². The largest absolute Gasteiger partial charge is 0.299 e. The van der Waals surface area contributed by atoms with Crippen LogP contribution in [-0.2, 0) is 4.79 Å². The molecule has 0 fully saturated rings. The Bertz CT molecular complexity index is 303. The Hall–Kier alpha value is -1.15. The molecular formula is C9H6ClFO. The molecule has 1 aromatic rings. The number of halogens is 2. The summed E-state index contributed by atoms with van der Waals surface area (Å²) in [6, 6.07) is 5.60. The van der Waals surface area contributed by atoms with Crippen LogP contribution >= 0.6 is 11.6 Å². The molecule has 0 aromatic heterocycles. The highest BCUT2D eigenvalue weighted by Gasteiger charge is 1.96. The lowest BCUT2D eigenvalue weighted by Gasteiger charge is -1.95. The Morgan fingerprint density at radius 3 is 2.42 bits per heavy atom. The summed E-state index contributed by atoms with van der Waals surface area (Å²) in [7, 11) is 0. The summed E-state index contributed by atoms with van der Waals surface area (Å²) in [5.41, 5.74) is 0.630. The van der Waals surface area contributed by atoms with Gasteiger partial charge in [-0.25, -0.2) is 4.39 Å². The van der Waals surface area contributed by atoms with Crippen molar-refractivity contribution in [1.29, 1.82) is 0 Å². The molecule has 1 nitrogen and oxygen atoms in total. The van der Waals surface area contributed by atoms with Gasteiger partial charge in [-0.15, -0.1) is 0 Å². The highest BCUT2D eigenvalue weighted by molar-refractivity contribution is 6.49. The van der Waals surface area contributed by atoms with Crippen LogP contribution in [0.25, 0.3) is 5.03 Å². The van der Waals surface area contributed by atoms with Crippen molar-refractivity contribution >= 4 is 22.9 Å². The van der Waals surface area contributed by atoms with Gasteiger partial charge in [0.05, 0.1) is 5.03 Å². The number of benzene rings is 1. The second-order valence-electron chi connectivity index (χ2n) is 2.16. The van der Waals surface area contributed by atoms with Gasteiger partial charge in [0.25, 0.3) is 0 Å². The Balaban J connectivity index is 2.97. The van der Waals surface area contributed by atoms with E-state index in [1.54, 1.807) is 0 Å². The topological polar surface area (TPSA) is 17.1 Å². The minimum absolute atomic E-state index is 0.310. The maximum Gasteiger partial charge on any atom is 0.144 e. The predicted octanol–water partition coefficient (Wildman–Crippen LogP) is 2.60. The third kappa shape index (κ3) is 2.17. The molecule has 0 unspecified atom stereocenters. The average molecular weight is 185 g/mol. The Morgan fingerprint density at radius 1 is 1.33 bits per heavy atom. The maximum atomic E-state index is 12.4. The Kier molecular flexibility index (Phi) is 3.00. The van der Waals surface area contributed by atoms with Gasteiger partial charge in [0.2, 0.25) is 0 Å². The molecule has 12 heavy (non-hydrogen) atoms. The predicted molar refractivity (Wildman–Crippen MR) is 46.3 cm³/mol. The zero-order valence-corrected chi connectivity index (χ0v) is 6.88. The number of allylic oxidation sites excluding steroid dienone is 1. The van der Waals surface area contributed by atoms with Crippen LogP contribution in [0.4, 0.5) is 4.39 Å². The standard InChI is InChI=1S/C9H6ClFO/c10-9(5-6-12)7-1-3-8(11)4-2-7/h1-6H. The number of hydrogen-bond acceptors (Lipinski definition) is 1. The Morgan fingerprint density at radius 2 is 1.92 bits per heavy atom. The van der Waals surface area contributed by atoms with Crippen molar-refractivity contribution in [3.63, 3.8) is 0 Å². The molecule has 0 atom stereocenters. The summed E-state index contributed by atoms with van der Waals surface area (Å²) in [4.78, 5) is 10.0. The number of carbonyl (C=O) groups excluding carboxylic acids is 1. The monoisotopic (exact) mass is 184 g/mol. The van der Waals surface area contributed by atoms with E-state index in [1.165, 1.54) is 30.3 Å². The van der Waals surface area contributed by atoms with Gasteiger partial charge >= 0.3 is 0 Å². The van der Waals surface area contributed by atoms with Gasteiger partial charge in [-0.3, -0.25) is 4.79 Å². The molecule has 0 aliphatic rings. The second kappa shape index (κ2) is 4.02. The molecule has 0 saturated heterocycles. The van der Waals surface area contributed by atoms with Crippen molar-refractivity contribution in [3.8, 4) is 0 Å². The minimum atomic E-state index is -0.325.